The van der Waals surface area contributed by atoms with Gasteiger partial charge in [-0.2, -0.15) is 0 Å². The third-order valence-electron chi connectivity index (χ3n) is 2.55. The Morgan fingerprint density at radius 1 is 1.73 bits per heavy atom. The summed E-state index contributed by atoms with van der Waals surface area (Å²) < 4.78 is 5.39. The lowest BCUT2D eigenvalue weighted by atomic mass is 10.1. The molecule has 0 saturated carbocycles. The van der Waals surface area contributed by atoms with Crippen molar-refractivity contribution in [1.29, 1.82) is 0 Å². The van der Waals surface area contributed by atoms with E-state index in [0.717, 1.165) is 32.3 Å². The number of hydrogen-bond donors (Lipinski definition) is 1. The Labute approximate surface area is 91.6 Å². The Hall–Kier alpha value is -1.01. The Bertz CT molecular complexity index is 238. The molecule has 1 heterocycles. The second-order valence-electron chi connectivity index (χ2n) is 3.91. The second kappa shape index (κ2) is 6.47. The molecular weight excluding hydrogens is 190 g/mol. The van der Waals surface area contributed by atoms with Crippen molar-refractivity contribution in [3.63, 3.8) is 0 Å². The van der Waals surface area contributed by atoms with Gasteiger partial charge in [-0.05, 0) is 19.3 Å². The minimum absolute atomic E-state index is 0.0123. The zero-order chi connectivity index (χ0) is 11.1. The Kier molecular flexibility index (Phi) is 5.20. The minimum atomic E-state index is -0.121. The first kappa shape index (κ1) is 12.1. The molecule has 2 unspecified atom stereocenters. The van der Waals surface area contributed by atoms with E-state index in [-0.39, 0.29) is 18.1 Å². The van der Waals surface area contributed by atoms with Crippen molar-refractivity contribution in [3.05, 3.63) is 0 Å². The molecule has 15 heavy (non-hydrogen) atoms. The van der Waals surface area contributed by atoms with Gasteiger partial charge >= 0.3 is 0 Å². The largest absolute Gasteiger partial charge is 0.378 e. The summed E-state index contributed by atoms with van der Waals surface area (Å²) in [6.45, 7) is 2.84. The first-order valence-electron chi connectivity index (χ1n) is 5.63. The zero-order valence-corrected chi connectivity index (χ0v) is 9.29. The van der Waals surface area contributed by atoms with Crippen molar-refractivity contribution in [1.82, 2.24) is 5.32 Å². The van der Waals surface area contributed by atoms with Crippen molar-refractivity contribution in [2.75, 3.05) is 6.61 Å². The quantitative estimate of drug-likeness (QED) is 0.696. The maximum Gasteiger partial charge on any atom is 0.223 e. The van der Waals surface area contributed by atoms with E-state index in [1.807, 2.05) is 0 Å². The summed E-state index contributed by atoms with van der Waals surface area (Å²) in [7, 11) is 0. The van der Waals surface area contributed by atoms with Crippen LogP contribution in [-0.2, 0) is 9.53 Å². The summed E-state index contributed by atoms with van der Waals surface area (Å²) in [6.07, 6.45) is 9.74. The van der Waals surface area contributed by atoms with Crippen LogP contribution in [0.5, 0.6) is 0 Å². The normalized spacial score (nSPS) is 22.0. The zero-order valence-electron chi connectivity index (χ0n) is 9.29. The molecule has 1 N–H and O–H groups in total. The molecule has 1 aliphatic heterocycles. The van der Waals surface area contributed by atoms with Gasteiger partial charge in [-0.3, -0.25) is 4.79 Å². The molecule has 0 spiro atoms. The topological polar surface area (TPSA) is 38.3 Å². The predicted molar refractivity (Wildman–Crippen MR) is 59.3 cm³/mol. The van der Waals surface area contributed by atoms with E-state index in [1.54, 1.807) is 0 Å². The maximum absolute atomic E-state index is 11.6. The van der Waals surface area contributed by atoms with E-state index in [1.165, 1.54) is 0 Å². The van der Waals surface area contributed by atoms with Crippen LogP contribution in [0.1, 0.15) is 39.0 Å². The van der Waals surface area contributed by atoms with Crippen LogP contribution in [0.15, 0.2) is 0 Å². The molecule has 3 nitrogen and oxygen atoms in total. The van der Waals surface area contributed by atoms with E-state index in [0.29, 0.717) is 6.42 Å². The molecule has 0 aliphatic carbocycles. The van der Waals surface area contributed by atoms with E-state index in [2.05, 4.69) is 18.2 Å². The monoisotopic (exact) mass is 209 g/mol. The van der Waals surface area contributed by atoms with Gasteiger partial charge in [0.05, 0.1) is 18.6 Å². The number of ether oxygens (including phenoxy) is 1. The number of terminal acetylenes is 1. The average molecular weight is 209 g/mol. The Morgan fingerprint density at radius 3 is 3.07 bits per heavy atom. The second-order valence-corrected chi connectivity index (χ2v) is 3.91. The number of nitrogens with one attached hydrogen (secondary N) is 1. The van der Waals surface area contributed by atoms with Gasteiger partial charge in [-0.25, -0.2) is 0 Å². The van der Waals surface area contributed by atoms with Crippen LogP contribution in [0.25, 0.3) is 0 Å². The SMILES string of the molecule is C#CC(CCC)NC(=O)CC1CCCO1. The highest BCUT2D eigenvalue weighted by Gasteiger charge is 2.19. The third-order valence-corrected chi connectivity index (χ3v) is 2.55. The lowest BCUT2D eigenvalue weighted by Crippen LogP contribution is -2.35. The van der Waals surface area contributed by atoms with E-state index in [9.17, 15) is 4.79 Å². The van der Waals surface area contributed by atoms with E-state index in [4.69, 9.17) is 11.2 Å². The van der Waals surface area contributed by atoms with Crippen molar-refractivity contribution < 1.29 is 9.53 Å². The maximum atomic E-state index is 11.6. The van der Waals surface area contributed by atoms with Gasteiger partial charge in [-0.15, -0.1) is 6.42 Å². The minimum Gasteiger partial charge on any atom is -0.378 e. The molecule has 0 aromatic heterocycles. The van der Waals surface area contributed by atoms with Gasteiger partial charge in [0.2, 0.25) is 5.91 Å². The number of carbonyl (C=O) groups is 1. The van der Waals surface area contributed by atoms with Gasteiger partial charge in [-0.1, -0.05) is 19.3 Å². The van der Waals surface area contributed by atoms with Gasteiger partial charge < -0.3 is 10.1 Å². The molecular formula is C12H19NO2. The van der Waals surface area contributed by atoms with E-state index < -0.39 is 0 Å². The third kappa shape index (κ3) is 4.35. The van der Waals surface area contributed by atoms with Crippen LogP contribution in [-0.4, -0.2) is 24.7 Å². The average Bonchev–Trinajstić information content (AvgIpc) is 2.69. The highest BCUT2D eigenvalue weighted by atomic mass is 16.5. The van der Waals surface area contributed by atoms with Crippen LogP contribution in [0.4, 0.5) is 0 Å². The fraction of sp³-hybridized carbons (Fsp3) is 0.750. The Morgan fingerprint density at radius 2 is 2.53 bits per heavy atom. The number of rotatable bonds is 5. The first-order valence-corrected chi connectivity index (χ1v) is 5.63. The molecule has 1 saturated heterocycles. The number of amides is 1. The fourth-order valence-electron chi connectivity index (χ4n) is 1.75. The highest BCUT2D eigenvalue weighted by Crippen LogP contribution is 2.15. The van der Waals surface area contributed by atoms with Crippen molar-refractivity contribution in [3.8, 4) is 12.3 Å². The Balaban J connectivity index is 2.24. The summed E-state index contributed by atoms with van der Waals surface area (Å²) in [5, 5.41) is 2.84. The van der Waals surface area contributed by atoms with Crippen LogP contribution in [0.3, 0.4) is 0 Å². The van der Waals surface area contributed by atoms with Crippen molar-refractivity contribution in [2.24, 2.45) is 0 Å². The standard InChI is InChI=1S/C12H19NO2/c1-3-6-10(4-2)13-12(14)9-11-7-5-8-15-11/h2,10-11H,3,5-9H2,1H3,(H,13,14). The molecule has 1 amide bonds. The molecule has 84 valence electrons. The molecule has 1 rings (SSSR count). The smallest absolute Gasteiger partial charge is 0.223 e. The van der Waals surface area contributed by atoms with Gasteiger partial charge in [0.25, 0.3) is 0 Å². The van der Waals surface area contributed by atoms with Crippen LogP contribution in [0, 0.1) is 12.3 Å². The summed E-state index contributed by atoms with van der Waals surface area (Å²) >= 11 is 0. The van der Waals surface area contributed by atoms with Crippen molar-refractivity contribution in [2.45, 2.75) is 51.2 Å². The first-order chi connectivity index (χ1) is 7.26. The molecule has 0 aromatic rings. The van der Waals surface area contributed by atoms with Crippen molar-refractivity contribution >= 4 is 5.91 Å². The van der Waals surface area contributed by atoms with E-state index >= 15 is 0 Å². The van der Waals surface area contributed by atoms with Gasteiger partial charge in [0, 0.05) is 6.61 Å². The molecule has 3 heteroatoms. The molecule has 0 radical (unpaired) electrons. The highest BCUT2D eigenvalue weighted by molar-refractivity contribution is 5.77. The number of hydrogen-bond acceptors (Lipinski definition) is 2. The van der Waals surface area contributed by atoms with Crippen LogP contribution >= 0.6 is 0 Å². The number of carbonyl (C=O) groups excluding carboxylic acids is 1. The molecule has 0 bridgehead atoms. The molecule has 0 aromatic carbocycles. The summed E-state index contributed by atoms with van der Waals surface area (Å²) in [4.78, 5) is 11.6. The van der Waals surface area contributed by atoms with Gasteiger partial charge in [0.15, 0.2) is 0 Å². The fourth-order valence-corrected chi connectivity index (χ4v) is 1.75. The molecule has 1 fully saturated rings. The molecule has 1 aliphatic rings. The predicted octanol–water partition coefficient (Wildman–Crippen LogP) is 1.47. The lowest BCUT2D eigenvalue weighted by molar-refractivity contribution is -0.123. The van der Waals surface area contributed by atoms with Crippen LogP contribution < -0.4 is 5.32 Å². The molecule has 2 atom stereocenters. The summed E-state index contributed by atoms with van der Waals surface area (Å²) in [5.74, 6) is 2.60. The van der Waals surface area contributed by atoms with Crippen LogP contribution in [0.2, 0.25) is 0 Å². The summed E-state index contributed by atoms with van der Waals surface area (Å²) in [6, 6.07) is -0.121. The summed E-state index contributed by atoms with van der Waals surface area (Å²) in [5.41, 5.74) is 0. The van der Waals surface area contributed by atoms with Gasteiger partial charge in [0.1, 0.15) is 0 Å². The lowest BCUT2D eigenvalue weighted by Gasteiger charge is -2.14.